The molecule has 0 N–H and O–H groups in total. The number of allylic oxidation sites excluding steroid dienone is 1. The van der Waals surface area contributed by atoms with Crippen molar-refractivity contribution in [1.82, 2.24) is 0 Å². The zero-order valence-electron chi connectivity index (χ0n) is 9.86. The second-order valence-electron chi connectivity index (χ2n) is 4.11. The van der Waals surface area contributed by atoms with E-state index in [0.717, 1.165) is 11.1 Å². The maximum Gasteiger partial charge on any atom is 0.126 e. The number of halogens is 1. The van der Waals surface area contributed by atoms with Crippen LogP contribution >= 0.6 is 0 Å². The van der Waals surface area contributed by atoms with Gasteiger partial charge in [-0.2, -0.15) is 0 Å². The Morgan fingerprint density at radius 1 is 1.00 bits per heavy atom. The molecule has 0 fully saturated rings. The molecule has 86 valence electrons. The predicted octanol–water partition coefficient (Wildman–Crippen LogP) is 4.55. The molecule has 17 heavy (non-hydrogen) atoms. The van der Waals surface area contributed by atoms with Gasteiger partial charge in [0.15, 0.2) is 0 Å². The zero-order chi connectivity index (χ0) is 12.1. The summed E-state index contributed by atoms with van der Waals surface area (Å²) in [5, 5.41) is 0. The monoisotopic (exact) mass is 226 g/mol. The summed E-state index contributed by atoms with van der Waals surface area (Å²) in [7, 11) is 0. The highest BCUT2D eigenvalue weighted by Gasteiger charge is 1.99. The molecule has 2 rings (SSSR count). The minimum atomic E-state index is -0.158. The lowest BCUT2D eigenvalue weighted by Gasteiger charge is -2.00. The Hall–Kier alpha value is -1.89. The van der Waals surface area contributed by atoms with Crippen molar-refractivity contribution in [2.24, 2.45) is 0 Å². The topological polar surface area (TPSA) is 0 Å². The standard InChI is InChI=1S/C16H15F/c1-13-7-10-15(11-8-13)16(17)12-9-14-5-3-2-4-6-14/h2-8,10-12H,9H2,1H3/b16-12-. The molecule has 0 atom stereocenters. The minimum absolute atomic E-state index is 0.158. The molecule has 0 aliphatic carbocycles. The smallest absolute Gasteiger partial charge is 0.126 e. The van der Waals surface area contributed by atoms with Crippen molar-refractivity contribution in [2.75, 3.05) is 0 Å². The Labute approximate surface area is 101 Å². The highest BCUT2D eigenvalue weighted by atomic mass is 19.1. The maximum absolute atomic E-state index is 13.8. The average molecular weight is 226 g/mol. The molecule has 0 bridgehead atoms. The molecule has 0 aromatic heterocycles. The lowest BCUT2D eigenvalue weighted by Crippen LogP contribution is -1.83. The molecular formula is C16H15F. The Balaban J connectivity index is 2.10. The summed E-state index contributed by atoms with van der Waals surface area (Å²) in [6, 6.07) is 17.4. The van der Waals surface area contributed by atoms with Crippen LogP contribution in [-0.2, 0) is 6.42 Å². The third kappa shape index (κ3) is 3.28. The first-order chi connectivity index (χ1) is 8.25. The number of hydrogen-bond acceptors (Lipinski definition) is 0. The van der Waals surface area contributed by atoms with Crippen LogP contribution in [0.4, 0.5) is 4.39 Å². The average Bonchev–Trinajstić information content (AvgIpc) is 2.38. The minimum Gasteiger partial charge on any atom is -0.207 e. The molecule has 0 aliphatic heterocycles. The molecule has 1 heteroatoms. The third-order valence-corrected chi connectivity index (χ3v) is 2.69. The van der Waals surface area contributed by atoms with E-state index in [0.29, 0.717) is 12.0 Å². The fourth-order valence-corrected chi connectivity index (χ4v) is 1.65. The van der Waals surface area contributed by atoms with Gasteiger partial charge in [0, 0.05) is 5.56 Å². The quantitative estimate of drug-likeness (QED) is 0.720. The lowest BCUT2D eigenvalue weighted by molar-refractivity contribution is 0.755. The van der Waals surface area contributed by atoms with Crippen molar-refractivity contribution in [3.05, 3.63) is 77.4 Å². The van der Waals surface area contributed by atoms with E-state index in [1.54, 1.807) is 6.08 Å². The van der Waals surface area contributed by atoms with E-state index in [4.69, 9.17) is 0 Å². The van der Waals surface area contributed by atoms with E-state index in [2.05, 4.69) is 0 Å². The van der Waals surface area contributed by atoms with Gasteiger partial charge in [-0.15, -0.1) is 0 Å². The predicted molar refractivity (Wildman–Crippen MR) is 70.4 cm³/mol. The number of hydrogen-bond donors (Lipinski definition) is 0. The summed E-state index contributed by atoms with van der Waals surface area (Å²) in [5.41, 5.74) is 2.91. The number of aryl methyl sites for hydroxylation is 1. The van der Waals surface area contributed by atoms with Crippen LogP contribution in [0.2, 0.25) is 0 Å². The van der Waals surface area contributed by atoms with E-state index in [9.17, 15) is 4.39 Å². The van der Waals surface area contributed by atoms with Gasteiger partial charge in [-0.05, 0) is 25.0 Å². The SMILES string of the molecule is Cc1ccc(/C(F)=C/Cc2ccccc2)cc1. The molecule has 0 amide bonds. The molecule has 0 saturated carbocycles. The molecule has 2 aromatic rings. The normalized spacial score (nSPS) is 11.5. The highest BCUT2D eigenvalue weighted by Crippen LogP contribution is 2.17. The summed E-state index contributed by atoms with van der Waals surface area (Å²) in [5.74, 6) is -0.158. The Morgan fingerprint density at radius 2 is 1.65 bits per heavy atom. The van der Waals surface area contributed by atoms with Gasteiger partial charge in [-0.25, -0.2) is 4.39 Å². The van der Waals surface area contributed by atoms with Crippen LogP contribution in [0.25, 0.3) is 5.83 Å². The van der Waals surface area contributed by atoms with E-state index < -0.39 is 0 Å². The second-order valence-corrected chi connectivity index (χ2v) is 4.11. The van der Waals surface area contributed by atoms with Crippen LogP contribution in [0.15, 0.2) is 60.7 Å². The molecule has 0 saturated heterocycles. The van der Waals surface area contributed by atoms with E-state index in [1.807, 2.05) is 61.5 Å². The van der Waals surface area contributed by atoms with Gasteiger partial charge in [0.25, 0.3) is 0 Å². The van der Waals surface area contributed by atoms with E-state index >= 15 is 0 Å². The first-order valence-electron chi connectivity index (χ1n) is 5.72. The van der Waals surface area contributed by atoms with Gasteiger partial charge in [-0.3, -0.25) is 0 Å². The maximum atomic E-state index is 13.8. The largest absolute Gasteiger partial charge is 0.207 e. The third-order valence-electron chi connectivity index (χ3n) is 2.69. The van der Waals surface area contributed by atoms with Gasteiger partial charge < -0.3 is 0 Å². The molecule has 0 nitrogen and oxygen atoms in total. The Morgan fingerprint density at radius 3 is 2.29 bits per heavy atom. The van der Waals surface area contributed by atoms with Gasteiger partial charge >= 0.3 is 0 Å². The van der Waals surface area contributed by atoms with Crippen molar-refractivity contribution < 1.29 is 4.39 Å². The van der Waals surface area contributed by atoms with Crippen LogP contribution in [0.5, 0.6) is 0 Å². The van der Waals surface area contributed by atoms with Crippen molar-refractivity contribution in [3.8, 4) is 0 Å². The molecular weight excluding hydrogens is 211 g/mol. The Kier molecular flexibility index (Phi) is 3.71. The van der Waals surface area contributed by atoms with Crippen molar-refractivity contribution >= 4 is 5.83 Å². The van der Waals surface area contributed by atoms with Crippen molar-refractivity contribution in [3.63, 3.8) is 0 Å². The summed E-state index contributed by atoms with van der Waals surface area (Å²) in [6.07, 6.45) is 2.25. The molecule has 0 unspecified atom stereocenters. The summed E-state index contributed by atoms with van der Waals surface area (Å²) in [4.78, 5) is 0. The summed E-state index contributed by atoms with van der Waals surface area (Å²) < 4.78 is 13.8. The van der Waals surface area contributed by atoms with E-state index in [-0.39, 0.29) is 5.83 Å². The highest BCUT2D eigenvalue weighted by molar-refractivity contribution is 5.59. The summed E-state index contributed by atoms with van der Waals surface area (Å²) in [6.45, 7) is 2.00. The lowest BCUT2D eigenvalue weighted by atomic mass is 10.1. The fraction of sp³-hybridized carbons (Fsp3) is 0.125. The second kappa shape index (κ2) is 5.44. The first-order valence-corrected chi connectivity index (χ1v) is 5.72. The van der Waals surface area contributed by atoms with Gasteiger partial charge in [0.1, 0.15) is 5.83 Å². The molecule has 0 aliphatic rings. The zero-order valence-corrected chi connectivity index (χ0v) is 9.86. The van der Waals surface area contributed by atoms with Crippen molar-refractivity contribution in [2.45, 2.75) is 13.3 Å². The molecule has 0 radical (unpaired) electrons. The van der Waals surface area contributed by atoms with Gasteiger partial charge in [-0.1, -0.05) is 60.2 Å². The molecule has 0 heterocycles. The van der Waals surface area contributed by atoms with Crippen LogP contribution in [0.3, 0.4) is 0 Å². The van der Waals surface area contributed by atoms with Gasteiger partial charge in [0.05, 0.1) is 0 Å². The van der Waals surface area contributed by atoms with Crippen LogP contribution in [-0.4, -0.2) is 0 Å². The van der Waals surface area contributed by atoms with Crippen LogP contribution in [0, 0.1) is 6.92 Å². The van der Waals surface area contributed by atoms with E-state index in [1.165, 1.54) is 0 Å². The Bertz CT molecular complexity index is 495. The fourth-order valence-electron chi connectivity index (χ4n) is 1.65. The molecule has 0 spiro atoms. The van der Waals surface area contributed by atoms with Gasteiger partial charge in [0.2, 0.25) is 0 Å². The number of rotatable bonds is 3. The first kappa shape index (κ1) is 11.6. The number of benzene rings is 2. The summed E-state index contributed by atoms with van der Waals surface area (Å²) >= 11 is 0. The van der Waals surface area contributed by atoms with Crippen LogP contribution in [0.1, 0.15) is 16.7 Å². The molecule has 2 aromatic carbocycles. The van der Waals surface area contributed by atoms with Crippen LogP contribution < -0.4 is 0 Å². The van der Waals surface area contributed by atoms with Crippen molar-refractivity contribution in [1.29, 1.82) is 0 Å².